The molecular weight excluding hydrogens is 949 g/mol. The molecule has 6 atom stereocenters. The molecule has 6 unspecified atom stereocenters. The van der Waals surface area contributed by atoms with Crippen LogP contribution < -0.4 is 0 Å². The zero-order valence-electron chi connectivity index (χ0n) is 47.3. The molecule has 0 amide bonds. The van der Waals surface area contributed by atoms with Crippen LogP contribution in [-0.4, -0.2) is 89.2 Å². The van der Waals surface area contributed by atoms with Gasteiger partial charge >= 0.3 is 23.9 Å². The van der Waals surface area contributed by atoms with E-state index in [0.717, 1.165) is 128 Å². The fourth-order valence-corrected chi connectivity index (χ4v) is 8.64. The number of unbranched alkanes of at least 4 members (excludes halogenated alkanes) is 24. The highest BCUT2D eigenvalue weighted by Gasteiger charge is 2.50. The van der Waals surface area contributed by atoms with E-state index in [2.05, 4.69) is 93.7 Å². The zero-order chi connectivity index (χ0) is 54.7. The average molecular weight is 1060 g/mol. The third-order valence-electron chi connectivity index (χ3n) is 13.2. The Kier molecular flexibility index (Phi) is 47.0. The second kappa shape index (κ2) is 50.9. The molecule has 1 fully saturated rings. The van der Waals surface area contributed by atoms with Gasteiger partial charge in [0.1, 0.15) is 18.8 Å². The topological polar surface area (TPSA) is 175 Å². The second-order valence-corrected chi connectivity index (χ2v) is 20.2. The number of aliphatic carboxylic acids is 1. The lowest BCUT2D eigenvalue weighted by Crippen LogP contribution is -2.61. The molecule has 0 bridgehead atoms. The van der Waals surface area contributed by atoms with E-state index in [-0.39, 0.29) is 25.9 Å². The van der Waals surface area contributed by atoms with Crippen molar-refractivity contribution in [2.24, 2.45) is 0 Å². The standard InChI is InChI=1S/C63H106O12/c1-4-7-10-13-16-19-22-25-27-28-30-32-34-37-40-43-46-49-55(64)71-52-54(73-56(65)50-47-44-41-38-36-33-29-26-23-20-17-14-11-8-5-2)53-72-63-61(59(68)58(67)60(75-63)62(69)70)74-57(66)51-48-45-42-39-35-31-24-21-18-15-12-9-6-3/h8,11,16-17,19-21,24-27,29,54,58-61,63,67-68H,4-7,9-10,12-15,18,22-23,28,30-53H2,1-3H3,(H,69,70)/b11-8-,19-16-,20-17-,24-21-,27-25-,29-26-. The van der Waals surface area contributed by atoms with Gasteiger partial charge in [0.25, 0.3) is 0 Å². The van der Waals surface area contributed by atoms with Crippen LogP contribution in [0.5, 0.6) is 0 Å². The predicted octanol–water partition coefficient (Wildman–Crippen LogP) is 15.3. The van der Waals surface area contributed by atoms with Crippen molar-refractivity contribution in [3.8, 4) is 0 Å². The van der Waals surface area contributed by atoms with Crippen LogP contribution in [0.4, 0.5) is 0 Å². The first-order valence-corrected chi connectivity index (χ1v) is 29.9. The number of ether oxygens (including phenoxy) is 5. The lowest BCUT2D eigenvalue weighted by atomic mass is 9.98. The van der Waals surface area contributed by atoms with Crippen molar-refractivity contribution in [3.63, 3.8) is 0 Å². The van der Waals surface area contributed by atoms with E-state index in [9.17, 15) is 34.5 Å². The molecule has 75 heavy (non-hydrogen) atoms. The van der Waals surface area contributed by atoms with Crippen LogP contribution in [0.3, 0.4) is 0 Å². The van der Waals surface area contributed by atoms with E-state index in [0.29, 0.717) is 19.3 Å². The second-order valence-electron chi connectivity index (χ2n) is 20.2. The molecule has 12 nitrogen and oxygen atoms in total. The SMILES string of the molecule is CC/C=C\C/C=C\C/C=C\CCCCCCCC(=O)OC(COC(=O)CCCCCCCCC/C=C\C/C=C\CCCCC)COC1OC(C(=O)O)C(O)C(O)C1OC(=O)CCCCCCC/C=C\CCCCCC. The summed E-state index contributed by atoms with van der Waals surface area (Å²) in [5.41, 5.74) is 0. The van der Waals surface area contributed by atoms with Gasteiger partial charge in [-0.25, -0.2) is 4.79 Å². The summed E-state index contributed by atoms with van der Waals surface area (Å²) in [6.07, 6.45) is 51.5. The smallest absolute Gasteiger partial charge is 0.335 e. The number of hydrogen-bond donors (Lipinski definition) is 3. The maximum absolute atomic E-state index is 13.1. The van der Waals surface area contributed by atoms with Gasteiger partial charge in [-0.05, 0) is 109 Å². The first-order valence-electron chi connectivity index (χ1n) is 29.9. The lowest BCUT2D eigenvalue weighted by molar-refractivity contribution is -0.301. The quantitative estimate of drug-likeness (QED) is 0.0228. The number of allylic oxidation sites excluding steroid dienone is 12. The highest BCUT2D eigenvalue weighted by atomic mass is 16.7. The summed E-state index contributed by atoms with van der Waals surface area (Å²) in [6, 6.07) is 0. The number of carboxylic acid groups (broad SMARTS) is 1. The number of carboxylic acids is 1. The van der Waals surface area contributed by atoms with Crippen molar-refractivity contribution in [3.05, 3.63) is 72.9 Å². The first-order chi connectivity index (χ1) is 36.6. The highest BCUT2D eigenvalue weighted by molar-refractivity contribution is 5.74. The first kappa shape index (κ1) is 69.2. The maximum atomic E-state index is 13.1. The highest BCUT2D eigenvalue weighted by Crippen LogP contribution is 2.26. The van der Waals surface area contributed by atoms with Gasteiger partial charge in [-0.3, -0.25) is 14.4 Å². The third-order valence-corrected chi connectivity index (χ3v) is 13.2. The molecule has 1 rings (SSSR count). The van der Waals surface area contributed by atoms with Gasteiger partial charge in [0, 0.05) is 19.3 Å². The van der Waals surface area contributed by atoms with E-state index in [4.69, 9.17) is 23.7 Å². The van der Waals surface area contributed by atoms with Crippen molar-refractivity contribution in [2.75, 3.05) is 13.2 Å². The van der Waals surface area contributed by atoms with E-state index in [1.54, 1.807) is 0 Å². The monoisotopic (exact) mass is 1050 g/mol. The minimum Gasteiger partial charge on any atom is -0.479 e. The fourth-order valence-electron chi connectivity index (χ4n) is 8.64. The van der Waals surface area contributed by atoms with Gasteiger partial charge in [-0.15, -0.1) is 0 Å². The minimum atomic E-state index is -1.91. The molecule has 12 heteroatoms. The number of carbonyl (C=O) groups excluding carboxylic acids is 3. The molecule has 1 saturated heterocycles. The number of hydrogen-bond acceptors (Lipinski definition) is 11. The maximum Gasteiger partial charge on any atom is 0.335 e. The zero-order valence-corrected chi connectivity index (χ0v) is 47.3. The molecule has 0 radical (unpaired) electrons. The Morgan fingerprint density at radius 1 is 0.453 bits per heavy atom. The Balaban J connectivity index is 2.71. The number of esters is 3. The molecule has 1 aliphatic heterocycles. The normalized spacial score (nSPS) is 18.7. The van der Waals surface area contributed by atoms with Gasteiger partial charge in [0.05, 0.1) is 6.61 Å². The summed E-state index contributed by atoms with van der Waals surface area (Å²) in [5.74, 6) is -3.16. The van der Waals surface area contributed by atoms with Gasteiger partial charge < -0.3 is 39.0 Å². The summed E-state index contributed by atoms with van der Waals surface area (Å²) in [7, 11) is 0. The van der Waals surface area contributed by atoms with Crippen LogP contribution in [0.1, 0.15) is 252 Å². The van der Waals surface area contributed by atoms with Gasteiger partial charge in [0.15, 0.2) is 24.6 Å². The van der Waals surface area contributed by atoms with Crippen molar-refractivity contribution >= 4 is 23.9 Å². The minimum absolute atomic E-state index is 0.0459. The molecule has 1 heterocycles. The van der Waals surface area contributed by atoms with E-state index in [1.165, 1.54) is 64.2 Å². The van der Waals surface area contributed by atoms with E-state index < -0.39 is 67.3 Å². The Bertz CT molecular complexity index is 1580. The van der Waals surface area contributed by atoms with Crippen molar-refractivity contribution in [2.45, 2.75) is 289 Å². The molecular formula is C63H106O12. The summed E-state index contributed by atoms with van der Waals surface area (Å²) in [5, 5.41) is 31.5. The van der Waals surface area contributed by atoms with Gasteiger partial charge in [0.2, 0.25) is 0 Å². The Morgan fingerprint density at radius 2 is 0.840 bits per heavy atom. The third kappa shape index (κ3) is 41.0. The van der Waals surface area contributed by atoms with Crippen LogP contribution >= 0.6 is 0 Å². The predicted molar refractivity (Wildman–Crippen MR) is 303 cm³/mol. The molecule has 430 valence electrons. The number of carbonyl (C=O) groups is 4. The van der Waals surface area contributed by atoms with Crippen LogP contribution in [0.15, 0.2) is 72.9 Å². The Hall–Kier alpha value is -3.84. The van der Waals surface area contributed by atoms with E-state index >= 15 is 0 Å². The molecule has 0 aromatic heterocycles. The van der Waals surface area contributed by atoms with Gasteiger partial charge in [-0.2, -0.15) is 0 Å². The lowest BCUT2D eigenvalue weighted by Gasteiger charge is -2.40. The van der Waals surface area contributed by atoms with Crippen LogP contribution in [0.2, 0.25) is 0 Å². The van der Waals surface area contributed by atoms with Crippen LogP contribution in [-0.2, 0) is 42.9 Å². The molecule has 0 aliphatic carbocycles. The number of rotatable bonds is 50. The van der Waals surface area contributed by atoms with Crippen LogP contribution in [0, 0.1) is 0 Å². The summed E-state index contributed by atoms with van der Waals surface area (Å²) < 4.78 is 28.4. The van der Waals surface area contributed by atoms with Crippen LogP contribution in [0.25, 0.3) is 0 Å². The largest absolute Gasteiger partial charge is 0.479 e. The van der Waals surface area contributed by atoms with Gasteiger partial charge in [-0.1, -0.05) is 196 Å². The van der Waals surface area contributed by atoms with Crippen molar-refractivity contribution in [1.82, 2.24) is 0 Å². The number of aliphatic hydroxyl groups is 2. The molecule has 0 saturated carbocycles. The number of aliphatic hydroxyl groups excluding tert-OH is 2. The molecule has 3 N–H and O–H groups in total. The molecule has 0 spiro atoms. The van der Waals surface area contributed by atoms with Crippen molar-refractivity contribution in [1.29, 1.82) is 0 Å². The molecule has 0 aromatic carbocycles. The van der Waals surface area contributed by atoms with Crippen molar-refractivity contribution < 1.29 is 58.2 Å². The summed E-state index contributed by atoms with van der Waals surface area (Å²) >= 11 is 0. The average Bonchev–Trinajstić information content (AvgIpc) is 3.39. The molecule has 1 aliphatic rings. The summed E-state index contributed by atoms with van der Waals surface area (Å²) in [4.78, 5) is 51.1. The Labute approximate surface area is 455 Å². The fraction of sp³-hybridized carbons (Fsp3) is 0.746. The molecule has 0 aromatic rings. The summed E-state index contributed by atoms with van der Waals surface area (Å²) in [6.45, 7) is 5.82. The van der Waals surface area contributed by atoms with E-state index in [1.807, 2.05) is 0 Å². The Morgan fingerprint density at radius 3 is 1.32 bits per heavy atom.